The molecule has 0 bridgehead atoms. The van der Waals surface area contributed by atoms with Crippen LogP contribution in [-0.2, 0) is 0 Å². The Kier molecular flexibility index (Phi) is 4.72. The Hall–Kier alpha value is -1.11. The summed E-state index contributed by atoms with van der Waals surface area (Å²) in [4.78, 5) is 11.6. The van der Waals surface area contributed by atoms with Crippen molar-refractivity contribution in [1.29, 1.82) is 0 Å². The molecule has 1 rings (SSSR count). The highest BCUT2D eigenvalue weighted by Gasteiger charge is 2.40. The standard InChI is InChI=1S/C11H10BrF4NO/c1-6-2-3-7(12)4-8(6)9(18)17-5-11(15,16)10(13)14/h2-4,10H,5H2,1H3,(H,17,18). The Morgan fingerprint density at radius 1 is 1.44 bits per heavy atom. The molecule has 0 saturated heterocycles. The molecule has 0 atom stereocenters. The van der Waals surface area contributed by atoms with Crippen LogP contribution < -0.4 is 5.32 Å². The lowest BCUT2D eigenvalue weighted by Gasteiger charge is -2.16. The van der Waals surface area contributed by atoms with Crippen LogP contribution in [0.3, 0.4) is 0 Å². The SMILES string of the molecule is Cc1ccc(Br)cc1C(=O)NCC(F)(F)C(F)F. The number of benzene rings is 1. The minimum absolute atomic E-state index is 0.162. The van der Waals surface area contributed by atoms with Crippen molar-refractivity contribution in [3.05, 3.63) is 33.8 Å². The Balaban J connectivity index is 2.75. The van der Waals surface area contributed by atoms with Crippen molar-refractivity contribution in [1.82, 2.24) is 5.32 Å². The lowest BCUT2D eigenvalue weighted by molar-refractivity contribution is -0.123. The van der Waals surface area contributed by atoms with E-state index in [-0.39, 0.29) is 5.56 Å². The molecular formula is C11H10BrF4NO. The summed E-state index contributed by atoms with van der Waals surface area (Å²) >= 11 is 3.13. The summed E-state index contributed by atoms with van der Waals surface area (Å²) in [5.41, 5.74) is 0.727. The quantitative estimate of drug-likeness (QED) is 0.844. The molecule has 0 heterocycles. The Morgan fingerprint density at radius 3 is 2.61 bits per heavy atom. The van der Waals surface area contributed by atoms with Crippen molar-refractivity contribution in [2.75, 3.05) is 6.54 Å². The largest absolute Gasteiger partial charge is 0.346 e. The second-order valence-electron chi connectivity index (χ2n) is 3.70. The first-order valence-electron chi connectivity index (χ1n) is 4.94. The maximum Gasteiger partial charge on any atom is 0.324 e. The molecule has 0 aromatic heterocycles. The van der Waals surface area contributed by atoms with Crippen LogP contribution in [-0.4, -0.2) is 24.8 Å². The summed E-state index contributed by atoms with van der Waals surface area (Å²) in [5, 5.41) is 1.80. The van der Waals surface area contributed by atoms with Crippen molar-refractivity contribution in [3.8, 4) is 0 Å². The van der Waals surface area contributed by atoms with E-state index in [9.17, 15) is 22.4 Å². The predicted molar refractivity (Wildman–Crippen MR) is 62.2 cm³/mol. The molecule has 1 amide bonds. The van der Waals surface area contributed by atoms with Crippen LogP contribution in [0.2, 0.25) is 0 Å². The van der Waals surface area contributed by atoms with Gasteiger partial charge >= 0.3 is 12.3 Å². The molecule has 0 saturated carbocycles. The molecule has 7 heteroatoms. The monoisotopic (exact) mass is 327 g/mol. The predicted octanol–water partition coefficient (Wildman–Crippen LogP) is 3.39. The van der Waals surface area contributed by atoms with Gasteiger partial charge in [0.2, 0.25) is 0 Å². The maximum absolute atomic E-state index is 12.6. The average molecular weight is 328 g/mol. The smallest absolute Gasteiger partial charge is 0.324 e. The van der Waals surface area contributed by atoms with Gasteiger partial charge in [0, 0.05) is 10.0 Å². The van der Waals surface area contributed by atoms with Crippen LogP contribution in [0.1, 0.15) is 15.9 Å². The first kappa shape index (κ1) is 14.9. The third kappa shape index (κ3) is 3.69. The Labute approximate surface area is 109 Å². The van der Waals surface area contributed by atoms with E-state index in [4.69, 9.17) is 0 Å². The number of hydrogen-bond donors (Lipinski definition) is 1. The molecule has 2 nitrogen and oxygen atoms in total. The van der Waals surface area contributed by atoms with Crippen LogP contribution in [0.4, 0.5) is 17.6 Å². The fourth-order valence-electron chi connectivity index (χ4n) is 1.21. The maximum atomic E-state index is 12.6. The number of carbonyl (C=O) groups is 1. The number of carbonyl (C=O) groups excluding carboxylic acids is 1. The third-order valence-corrected chi connectivity index (χ3v) is 2.74. The van der Waals surface area contributed by atoms with Gasteiger partial charge in [0.1, 0.15) is 0 Å². The molecule has 0 spiro atoms. The molecule has 0 aliphatic heterocycles. The average Bonchev–Trinajstić information content (AvgIpc) is 2.29. The van der Waals surface area contributed by atoms with Crippen LogP contribution in [0, 0.1) is 6.92 Å². The van der Waals surface area contributed by atoms with Gasteiger partial charge in [-0.2, -0.15) is 8.78 Å². The number of aryl methyl sites for hydroxylation is 1. The summed E-state index contributed by atoms with van der Waals surface area (Å²) in [6.07, 6.45) is -3.80. The first-order valence-corrected chi connectivity index (χ1v) is 5.73. The van der Waals surface area contributed by atoms with E-state index in [1.54, 1.807) is 24.4 Å². The summed E-state index contributed by atoms with van der Waals surface area (Å²) in [7, 11) is 0. The van der Waals surface area contributed by atoms with E-state index >= 15 is 0 Å². The number of alkyl halides is 4. The van der Waals surface area contributed by atoms with Crippen LogP contribution in [0.15, 0.2) is 22.7 Å². The lowest BCUT2D eigenvalue weighted by atomic mass is 10.1. The van der Waals surface area contributed by atoms with Crippen LogP contribution in [0.25, 0.3) is 0 Å². The van der Waals surface area contributed by atoms with Gasteiger partial charge in [-0.15, -0.1) is 0 Å². The van der Waals surface area contributed by atoms with Crippen LogP contribution in [0.5, 0.6) is 0 Å². The van der Waals surface area contributed by atoms with Gasteiger partial charge in [-0.3, -0.25) is 4.79 Å². The van der Waals surface area contributed by atoms with Crippen molar-refractivity contribution >= 4 is 21.8 Å². The van der Waals surface area contributed by atoms with Gasteiger partial charge in [0.25, 0.3) is 5.91 Å². The number of hydrogen-bond acceptors (Lipinski definition) is 1. The van der Waals surface area contributed by atoms with E-state index in [0.29, 0.717) is 10.0 Å². The molecule has 0 unspecified atom stereocenters. The molecule has 18 heavy (non-hydrogen) atoms. The van der Waals surface area contributed by atoms with Crippen molar-refractivity contribution in [3.63, 3.8) is 0 Å². The zero-order valence-corrected chi connectivity index (χ0v) is 10.9. The third-order valence-electron chi connectivity index (χ3n) is 2.25. The van der Waals surface area contributed by atoms with Crippen molar-refractivity contribution in [2.45, 2.75) is 19.3 Å². The van der Waals surface area contributed by atoms with Gasteiger partial charge in [-0.05, 0) is 24.6 Å². The van der Waals surface area contributed by atoms with Crippen molar-refractivity contribution < 1.29 is 22.4 Å². The van der Waals surface area contributed by atoms with Gasteiger partial charge in [0.05, 0.1) is 6.54 Å². The highest BCUT2D eigenvalue weighted by molar-refractivity contribution is 9.10. The van der Waals surface area contributed by atoms with E-state index in [0.717, 1.165) is 0 Å². The van der Waals surface area contributed by atoms with Gasteiger partial charge in [-0.25, -0.2) is 8.78 Å². The summed E-state index contributed by atoms with van der Waals surface area (Å²) in [6, 6.07) is 4.73. The fourth-order valence-corrected chi connectivity index (χ4v) is 1.57. The number of rotatable bonds is 4. The summed E-state index contributed by atoms with van der Waals surface area (Å²) in [5.74, 6) is -5.04. The number of halogens is 5. The zero-order chi connectivity index (χ0) is 13.9. The second-order valence-corrected chi connectivity index (χ2v) is 4.62. The van der Waals surface area contributed by atoms with Crippen LogP contribution >= 0.6 is 15.9 Å². The number of nitrogens with one attached hydrogen (secondary N) is 1. The zero-order valence-electron chi connectivity index (χ0n) is 9.31. The molecule has 1 aromatic rings. The number of amides is 1. The van der Waals surface area contributed by atoms with Gasteiger partial charge in [-0.1, -0.05) is 22.0 Å². The van der Waals surface area contributed by atoms with Crippen molar-refractivity contribution in [2.24, 2.45) is 0 Å². The normalized spacial score (nSPS) is 11.7. The minimum atomic E-state index is -4.23. The fraction of sp³-hybridized carbons (Fsp3) is 0.364. The molecular weight excluding hydrogens is 318 g/mol. The molecule has 100 valence electrons. The molecule has 0 aliphatic carbocycles. The van der Waals surface area contributed by atoms with E-state index < -0.39 is 24.8 Å². The molecule has 1 N–H and O–H groups in total. The molecule has 0 fully saturated rings. The molecule has 0 radical (unpaired) electrons. The summed E-state index contributed by atoms with van der Waals surface area (Å²) in [6.45, 7) is 0.224. The Morgan fingerprint density at radius 2 is 2.06 bits per heavy atom. The van der Waals surface area contributed by atoms with E-state index in [1.165, 1.54) is 6.07 Å². The second kappa shape index (κ2) is 5.69. The molecule has 0 aliphatic rings. The highest BCUT2D eigenvalue weighted by Crippen LogP contribution is 2.22. The topological polar surface area (TPSA) is 29.1 Å². The Bertz CT molecular complexity index is 451. The first-order chi connectivity index (χ1) is 8.24. The van der Waals surface area contributed by atoms with E-state index in [1.807, 2.05) is 0 Å². The van der Waals surface area contributed by atoms with E-state index in [2.05, 4.69) is 15.9 Å². The summed E-state index contributed by atoms with van der Waals surface area (Å²) < 4.78 is 49.7. The highest BCUT2D eigenvalue weighted by atomic mass is 79.9. The van der Waals surface area contributed by atoms with Gasteiger partial charge < -0.3 is 5.32 Å². The minimum Gasteiger partial charge on any atom is -0.346 e. The van der Waals surface area contributed by atoms with Gasteiger partial charge in [0.15, 0.2) is 0 Å². The molecule has 1 aromatic carbocycles. The lowest BCUT2D eigenvalue weighted by Crippen LogP contribution is -2.41.